The van der Waals surface area contributed by atoms with Crippen LogP contribution in [0.2, 0.25) is 0 Å². The Bertz CT molecular complexity index is 706. The number of hydrogen-bond donors (Lipinski definition) is 2. The molecule has 0 aliphatic carbocycles. The minimum Gasteiger partial charge on any atom is -0.481 e. The van der Waals surface area contributed by atoms with E-state index in [9.17, 15) is 27.2 Å². The number of carboxylic acid groups (broad SMARTS) is 1. The number of carboxylic acids is 1. The van der Waals surface area contributed by atoms with Crippen LogP contribution in [0.3, 0.4) is 0 Å². The molecule has 0 spiro atoms. The van der Waals surface area contributed by atoms with Crippen molar-refractivity contribution >= 4 is 11.9 Å². The summed E-state index contributed by atoms with van der Waals surface area (Å²) in [4.78, 5) is 26.5. The number of pyridine rings is 1. The van der Waals surface area contributed by atoms with Gasteiger partial charge in [-0.3, -0.25) is 14.6 Å². The van der Waals surface area contributed by atoms with Gasteiger partial charge in [0.25, 0.3) is 5.91 Å². The average molecular weight is 380 g/mol. The predicted octanol–water partition coefficient (Wildman–Crippen LogP) is 1.81. The largest absolute Gasteiger partial charge is 0.481 e. The Labute approximate surface area is 145 Å². The lowest BCUT2D eigenvalue weighted by Crippen LogP contribution is -2.44. The first-order valence-electron chi connectivity index (χ1n) is 7.48. The molecular weight excluding hydrogens is 364 g/mol. The van der Waals surface area contributed by atoms with E-state index in [2.05, 4.69) is 10.3 Å². The van der Waals surface area contributed by atoms with Gasteiger partial charge in [0, 0.05) is 12.3 Å². The van der Waals surface area contributed by atoms with E-state index in [-0.39, 0.29) is 18.8 Å². The van der Waals surface area contributed by atoms with E-state index < -0.39 is 47.3 Å². The molecule has 0 radical (unpaired) electrons. The number of nitrogens with one attached hydrogen (secondary N) is 1. The maximum absolute atomic E-state index is 14.6. The molecule has 1 aromatic rings. The zero-order valence-corrected chi connectivity index (χ0v) is 13.8. The van der Waals surface area contributed by atoms with Gasteiger partial charge in [-0.25, -0.2) is 4.39 Å². The van der Waals surface area contributed by atoms with Crippen LogP contribution in [0.1, 0.15) is 29.9 Å². The number of halogens is 4. The lowest BCUT2D eigenvalue weighted by atomic mass is 9.94. The van der Waals surface area contributed by atoms with Gasteiger partial charge in [-0.2, -0.15) is 13.2 Å². The molecule has 2 rings (SSSR count). The van der Waals surface area contributed by atoms with Crippen molar-refractivity contribution in [2.75, 3.05) is 13.2 Å². The highest BCUT2D eigenvalue weighted by atomic mass is 19.4. The fourth-order valence-electron chi connectivity index (χ4n) is 2.02. The van der Waals surface area contributed by atoms with Gasteiger partial charge >= 0.3 is 12.1 Å². The number of hydrogen-bond acceptors (Lipinski definition) is 5. The first kappa shape index (κ1) is 19.9. The summed E-state index contributed by atoms with van der Waals surface area (Å²) in [6, 6.07) is -0.406. The van der Waals surface area contributed by atoms with Gasteiger partial charge in [-0.15, -0.1) is 0 Å². The zero-order chi connectivity index (χ0) is 19.7. The summed E-state index contributed by atoms with van der Waals surface area (Å²) in [6.45, 7) is 1.17. The first-order chi connectivity index (χ1) is 11.9. The Morgan fingerprint density at radius 2 is 2.00 bits per heavy atom. The Balaban J connectivity index is 2.34. The number of aromatic nitrogens is 1. The number of carbonyl (C=O) groups excluding carboxylic acids is 1. The molecule has 1 aromatic heterocycles. The number of nitrogens with zero attached hydrogens (tertiary/aromatic N) is 1. The van der Waals surface area contributed by atoms with Gasteiger partial charge < -0.3 is 19.9 Å². The lowest BCUT2D eigenvalue weighted by Gasteiger charge is -2.35. The van der Waals surface area contributed by atoms with E-state index in [1.165, 1.54) is 6.92 Å². The van der Waals surface area contributed by atoms with Gasteiger partial charge in [0.05, 0.1) is 18.8 Å². The van der Waals surface area contributed by atoms with Crippen molar-refractivity contribution in [2.24, 2.45) is 0 Å². The van der Waals surface area contributed by atoms with Crippen molar-refractivity contribution in [2.45, 2.75) is 37.8 Å². The Morgan fingerprint density at radius 1 is 1.38 bits per heavy atom. The molecule has 1 fully saturated rings. The Morgan fingerprint density at radius 3 is 2.46 bits per heavy atom. The van der Waals surface area contributed by atoms with Gasteiger partial charge in [0.2, 0.25) is 0 Å². The molecule has 1 aliphatic heterocycles. The number of rotatable bonds is 6. The summed E-state index contributed by atoms with van der Waals surface area (Å²) in [6.07, 6.45) is -6.08. The fourth-order valence-corrected chi connectivity index (χ4v) is 2.02. The van der Waals surface area contributed by atoms with Crippen LogP contribution >= 0.6 is 0 Å². The van der Waals surface area contributed by atoms with Crippen LogP contribution in [0.25, 0.3) is 0 Å². The maximum Gasteiger partial charge on any atom is 0.425 e. The number of carbonyl (C=O) groups is 2. The van der Waals surface area contributed by atoms with Crippen LogP contribution in [0.15, 0.2) is 12.3 Å². The normalized spacial score (nSPS) is 18.4. The molecule has 7 nitrogen and oxygen atoms in total. The van der Waals surface area contributed by atoms with Crippen molar-refractivity contribution in [3.63, 3.8) is 0 Å². The van der Waals surface area contributed by atoms with E-state index in [0.29, 0.717) is 0 Å². The highest BCUT2D eigenvalue weighted by Gasteiger charge is 2.45. The van der Waals surface area contributed by atoms with E-state index in [1.54, 1.807) is 0 Å². The van der Waals surface area contributed by atoms with Crippen molar-refractivity contribution in [3.8, 4) is 5.75 Å². The van der Waals surface area contributed by atoms with Crippen LogP contribution < -0.4 is 10.1 Å². The molecule has 1 amide bonds. The van der Waals surface area contributed by atoms with Crippen LogP contribution in [0.5, 0.6) is 5.75 Å². The summed E-state index contributed by atoms with van der Waals surface area (Å²) >= 11 is 0. The average Bonchev–Trinajstić information content (AvgIpc) is 2.51. The van der Waals surface area contributed by atoms with Gasteiger partial charge in [-0.05, 0) is 13.8 Å². The summed E-state index contributed by atoms with van der Waals surface area (Å²) < 4.78 is 62.5. The molecule has 144 valence electrons. The third kappa shape index (κ3) is 4.21. The summed E-state index contributed by atoms with van der Waals surface area (Å²) in [5.41, 5.74) is -2.76. The number of alkyl halides is 4. The molecule has 2 atom stereocenters. The SMILES string of the molecule is CC(NC(=O)c1cc(OC(C)C(F)(F)F)c(C2(F)COC2)cn1)C(=O)O. The maximum atomic E-state index is 14.6. The summed E-state index contributed by atoms with van der Waals surface area (Å²) in [7, 11) is 0. The topological polar surface area (TPSA) is 97.8 Å². The van der Waals surface area contributed by atoms with Crippen molar-refractivity contribution in [1.29, 1.82) is 0 Å². The number of aliphatic carboxylic acids is 1. The highest BCUT2D eigenvalue weighted by molar-refractivity contribution is 5.95. The van der Waals surface area contributed by atoms with Gasteiger partial charge in [-0.1, -0.05) is 0 Å². The van der Waals surface area contributed by atoms with Gasteiger partial charge in [0.1, 0.15) is 17.5 Å². The van der Waals surface area contributed by atoms with E-state index in [4.69, 9.17) is 14.6 Å². The van der Waals surface area contributed by atoms with Crippen molar-refractivity contribution < 1.29 is 41.7 Å². The monoisotopic (exact) mass is 380 g/mol. The minimum absolute atomic E-state index is 0.275. The van der Waals surface area contributed by atoms with Crippen LogP contribution in [-0.4, -0.2) is 53.5 Å². The molecule has 0 bridgehead atoms. The van der Waals surface area contributed by atoms with E-state index in [1.807, 2.05) is 0 Å². The molecule has 1 saturated heterocycles. The van der Waals surface area contributed by atoms with Crippen molar-refractivity contribution in [1.82, 2.24) is 10.3 Å². The second kappa shape index (κ2) is 7.06. The third-order valence-electron chi connectivity index (χ3n) is 3.73. The molecule has 11 heteroatoms. The fraction of sp³-hybridized carbons (Fsp3) is 0.533. The molecule has 0 saturated carbocycles. The number of ether oxygens (including phenoxy) is 2. The molecule has 2 unspecified atom stereocenters. The molecule has 2 heterocycles. The lowest BCUT2D eigenvalue weighted by molar-refractivity contribution is -0.190. The predicted molar refractivity (Wildman–Crippen MR) is 78.6 cm³/mol. The summed E-state index contributed by atoms with van der Waals surface area (Å²) in [5.74, 6) is -2.77. The molecule has 0 aromatic carbocycles. The van der Waals surface area contributed by atoms with Crippen LogP contribution in [0.4, 0.5) is 17.6 Å². The summed E-state index contributed by atoms with van der Waals surface area (Å²) in [5, 5.41) is 10.9. The quantitative estimate of drug-likeness (QED) is 0.731. The second-order valence-electron chi connectivity index (χ2n) is 5.86. The second-order valence-corrected chi connectivity index (χ2v) is 5.86. The molecule has 26 heavy (non-hydrogen) atoms. The number of amides is 1. The Hall–Kier alpha value is -2.43. The first-order valence-corrected chi connectivity index (χ1v) is 7.48. The third-order valence-corrected chi connectivity index (χ3v) is 3.73. The molecule has 2 N–H and O–H groups in total. The molecular formula is C15H16F4N2O5. The minimum atomic E-state index is -4.71. The Kier molecular flexibility index (Phi) is 5.40. The standard InChI is InChI=1S/C15H16F4N2O5/c1-7(13(23)24)21-12(22)10-3-11(26-8(2)15(17,18)19)9(4-20-10)14(16)5-25-6-14/h3-4,7-8H,5-6H2,1-2H3,(H,21,22)(H,23,24). The van der Waals surface area contributed by atoms with E-state index >= 15 is 0 Å². The molecule has 1 aliphatic rings. The van der Waals surface area contributed by atoms with Crippen molar-refractivity contribution in [3.05, 3.63) is 23.5 Å². The van der Waals surface area contributed by atoms with Gasteiger partial charge in [0.15, 0.2) is 11.8 Å². The zero-order valence-electron chi connectivity index (χ0n) is 13.8. The van der Waals surface area contributed by atoms with Crippen LogP contribution in [0, 0.1) is 0 Å². The van der Waals surface area contributed by atoms with E-state index in [0.717, 1.165) is 19.2 Å². The van der Waals surface area contributed by atoms with Crippen LogP contribution in [-0.2, 0) is 15.2 Å². The smallest absolute Gasteiger partial charge is 0.425 e. The highest BCUT2D eigenvalue weighted by Crippen LogP contribution is 2.40.